The minimum absolute atomic E-state index is 0.00528. The minimum atomic E-state index is -3.13. The molecule has 1 amide bonds. The summed E-state index contributed by atoms with van der Waals surface area (Å²) in [7, 11) is 0. The Kier molecular flexibility index (Phi) is 12.3. The molecule has 2 fully saturated rings. The number of nitrogens with two attached hydrogens (primary N) is 1. The predicted octanol–water partition coefficient (Wildman–Crippen LogP) is 1.27. The third-order valence-electron chi connectivity index (χ3n) is 12.2. The minimum Gasteiger partial charge on any atom is -0.508 e. The van der Waals surface area contributed by atoms with Crippen LogP contribution in [0.4, 0.5) is 5.69 Å². The van der Waals surface area contributed by atoms with Gasteiger partial charge in [-0.15, -0.1) is 0 Å². The van der Waals surface area contributed by atoms with Gasteiger partial charge in [0.15, 0.2) is 17.6 Å². The van der Waals surface area contributed by atoms with Crippen LogP contribution in [0.15, 0.2) is 73.1 Å². The highest BCUT2D eigenvalue weighted by Gasteiger charge is 2.56. The lowest BCUT2D eigenvalue weighted by molar-refractivity contribution is -0.422. The lowest BCUT2D eigenvalue weighted by atomic mass is 9.68. The molecule has 12 N–H and O–H groups in total. The molecule has 7 rings (SSSR count). The average Bonchev–Trinajstić information content (AvgIpc) is 3.93. The molecule has 3 aromatic carbocycles. The Balaban J connectivity index is 1.28. The van der Waals surface area contributed by atoms with E-state index in [1.165, 1.54) is 30.6 Å². The second kappa shape index (κ2) is 17.3. The highest BCUT2D eigenvalue weighted by Crippen LogP contribution is 2.54. The Morgan fingerprint density at radius 1 is 1.03 bits per heavy atom. The number of carboxylic acids is 1. The highest BCUT2D eigenvalue weighted by atomic mass is 16.8. The number of ether oxygens (including phenoxy) is 2. The van der Waals surface area contributed by atoms with Gasteiger partial charge in [0.05, 0.1) is 24.3 Å². The Morgan fingerprint density at radius 3 is 2.48 bits per heavy atom. The van der Waals surface area contributed by atoms with Crippen LogP contribution in [0.2, 0.25) is 0 Å². The maximum Gasteiger partial charge on any atom is 0.355 e. The van der Waals surface area contributed by atoms with Gasteiger partial charge in [-0.2, -0.15) is 0 Å². The summed E-state index contributed by atoms with van der Waals surface area (Å²) >= 11 is 0. The number of aliphatic hydroxyl groups excluding tert-OH is 5. The average molecular weight is 831 g/mol. The fraction of sp³-hybridized carbons (Fsp3) is 0.419. The summed E-state index contributed by atoms with van der Waals surface area (Å²) in [5, 5.41) is 94.7. The number of imidazole rings is 1. The number of aryl methyl sites for hydroxylation is 1. The number of hydrogen-bond acceptors (Lipinski definition) is 14. The van der Waals surface area contributed by atoms with Gasteiger partial charge in [-0.05, 0) is 73.1 Å². The molecule has 1 aliphatic carbocycles. The van der Waals surface area contributed by atoms with Crippen molar-refractivity contribution >= 4 is 23.6 Å². The van der Waals surface area contributed by atoms with Crippen LogP contribution in [0.3, 0.4) is 0 Å². The predicted molar refractivity (Wildman–Crippen MR) is 214 cm³/mol. The number of fused-ring (bicyclic) bond motifs is 1. The first kappa shape index (κ1) is 42.7. The number of phenolic OH excluding ortho intramolecular Hbond substituents is 2. The summed E-state index contributed by atoms with van der Waals surface area (Å²) in [6.45, 7) is -0.903. The maximum atomic E-state index is 14.5. The number of aromatic hydroxyl groups is 2. The van der Waals surface area contributed by atoms with Crippen molar-refractivity contribution < 1.29 is 65.0 Å². The Bertz CT molecular complexity index is 2220. The number of benzene rings is 3. The van der Waals surface area contributed by atoms with Crippen molar-refractivity contribution in [2.24, 2.45) is 5.73 Å². The number of aliphatic carboxylic acids is 1. The second-order valence-corrected chi connectivity index (χ2v) is 15.8. The van der Waals surface area contributed by atoms with E-state index >= 15 is 0 Å². The SMILES string of the molecule is N[C@@H]1CCC[C@]1(C[C@@H]1c2cc(O)c(O[C@]3(O)O[C@H](CO)[C@@H](O)[C@H](O)[C@H]3O)cc2N(C(=O)/C=C/c2ccc(O)c(Cc3[nH]cnc3CCCO)c2)[C@H]1C(=O)O)c1ccccc1. The number of carbonyl (C=O) groups is 2. The molecule has 17 heteroatoms. The molecular weight excluding hydrogens is 780 g/mol. The molecule has 60 heavy (non-hydrogen) atoms. The van der Waals surface area contributed by atoms with Crippen LogP contribution in [-0.2, 0) is 32.6 Å². The van der Waals surface area contributed by atoms with E-state index in [9.17, 15) is 55.5 Å². The quantitative estimate of drug-likeness (QED) is 0.0630. The van der Waals surface area contributed by atoms with Gasteiger partial charge in [-0.3, -0.25) is 9.69 Å². The first-order valence-corrected chi connectivity index (χ1v) is 19.8. The number of hydrogen-bond donors (Lipinski definition) is 11. The number of nitrogens with one attached hydrogen (secondary N) is 1. The van der Waals surface area contributed by atoms with Crippen molar-refractivity contribution in [1.29, 1.82) is 0 Å². The van der Waals surface area contributed by atoms with Crippen molar-refractivity contribution in [3.63, 3.8) is 0 Å². The van der Waals surface area contributed by atoms with Crippen molar-refractivity contribution in [1.82, 2.24) is 9.97 Å². The smallest absolute Gasteiger partial charge is 0.355 e. The van der Waals surface area contributed by atoms with E-state index < -0.39 is 77.7 Å². The number of aromatic nitrogens is 2. The number of nitrogens with zero attached hydrogens (tertiary/aromatic N) is 2. The van der Waals surface area contributed by atoms with Crippen molar-refractivity contribution in [2.45, 2.75) is 98.8 Å². The van der Waals surface area contributed by atoms with Crippen LogP contribution in [0.1, 0.15) is 71.7 Å². The standard InChI is InChI=1S/C43H50N4O13/c44-35-9-4-14-42(35,25-6-2-1-3-7-25)20-27-26-18-32(51)33(59-43(58)40(55)39(54)38(53)34(21-49)60-43)19-30(26)47(37(27)41(56)57)36(52)13-11-23-10-12-31(50)24(16-23)17-29-28(8-5-15-48)45-22-46-29/h1-3,6-7,10-13,16,18-19,22,27,34-35,37-40,48-51,53-55,58H,4-5,8-9,14-15,17,20-21,44H2,(H,45,46)(H,56,57)/b13-11+/t27-,34-,35-,37-,38-,39+,40-,42+,43+/m1/s1. The topological polar surface area (TPSA) is 293 Å². The number of phenols is 2. The van der Waals surface area contributed by atoms with Crippen LogP contribution in [0.25, 0.3) is 6.08 Å². The highest BCUT2D eigenvalue weighted by molar-refractivity contribution is 6.10. The molecule has 0 unspecified atom stereocenters. The molecule has 320 valence electrons. The number of H-pyrrole nitrogens is 1. The molecular formula is C43H50N4O13. The van der Waals surface area contributed by atoms with Gasteiger partial charge in [0.2, 0.25) is 0 Å². The van der Waals surface area contributed by atoms with Gasteiger partial charge in [0, 0.05) is 53.8 Å². The third-order valence-corrected chi connectivity index (χ3v) is 12.2. The summed E-state index contributed by atoms with van der Waals surface area (Å²) in [5.41, 5.74) is 9.75. The van der Waals surface area contributed by atoms with Gasteiger partial charge in [-0.25, -0.2) is 9.78 Å². The maximum absolute atomic E-state index is 14.5. The molecule has 4 aromatic rings. The number of amides is 1. The zero-order valence-electron chi connectivity index (χ0n) is 32.5. The first-order chi connectivity index (χ1) is 28.7. The number of aliphatic hydroxyl groups is 6. The van der Waals surface area contributed by atoms with Crippen LogP contribution in [0, 0.1) is 0 Å². The van der Waals surface area contributed by atoms with Crippen LogP contribution >= 0.6 is 0 Å². The fourth-order valence-corrected chi connectivity index (χ4v) is 9.03. The van der Waals surface area contributed by atoms with Gasteiger partial charge in [0.1, 0.15) is 30.1 Å². The van der Waals surface area contributed by atoms with E-state index in [2.05, 4.69) is 9.97 Å². The normalized spacial score (nSPS) is 28.9. The zero-order chi connectivity index (χ0) is 42.9. The Morgan fingerprint density at radius 2 is 1.80 bits per heavy atom. The largest absolute Gasteiger partial charge is 0.508 e. The number of rotatable bonds is 14. The molecule has 9 atom stereocenters. The second-order valence-electron chi connectivity index (χ2n) is 15.8. The van der Waals surface area contributed by atoms with Crippen molar-refractivity contribution in [2.75, 3.05) is 18.1 Å². The fourth-order valence-electron chi connectivity index (χ4n) is 9.03. The zero-order valence-corrected chi connectivity index (χ0v) is 32.5. The van der Waals surface area contributed by atoms with Gasteiger partial charge in [0.25, 0.3) is 5.91 Å². The Hall–Kier alpha value is -5.37. The van der Waals surface area contributed by atoms with E-state index in [0.29, 0.717) is 36.8 Å². The third kappa shape index (κ3) is 7.98. The van der Waals surface area contributed by atoms with Crippen molar-refractivity contribution in [3.05, 3.63) is 107 Å². The van der Waals surface area contributed by atoms with E-state index in [1.54, 1.807) is 12.1 Å². The lowest BCUT2D eigenvalue weighted by Gasteiger charge is -2.44. The molecule has 1 aromatic heterocycles. The summed E-state index contributed by atoms with van der Waals surface area (Å²) < 4.78 is 10.8. The number of carbonyl (C=O) groups excluding carboxylic acids is 1. The van der Waals surface area contributed by atoms with Crippen molar-refractivity contribution in [3.8, 4) is 17.2 Å². The number of aromatic amines is 1. The van der Waals surface area contributed by atoms with Gasteiger partial charge in [-0.1, -0.05) is 42.8 Å². The number of anilines is 1. The summed E-state index contributed by atoms with van der Waals surface area (Å²) in [6, 6.07) is 14.6. The van der Waals surface area contributed by atoms with Gasteiger partial charge < -0.3 is 66.2 Å². The molecule has 3 heterocycles. The van der Waals surface area contributed by atoms with E-state index in [-0.39, 0.29) is 42.5 Å². The molecule has 17 nitrogen and oxygen atoms in total. The number of carboxylic acid groups (broad SMARTS) is 1. The first-order valence-electron chi connectivity index (χ1n) is 19.8. The van der Waals surface area contributed by atoms with Crippen LogP contribution in [-0.4, -0.2) is 123 Å². The molecule has 1 saturated carbocycles. The molecule has 3 aliphatic rings. The van der Waals surface area contributed by atoms with Gasteiger partial charge >= 0.3 is 11.9 Å². The van der Waals surface area contributed by atoms with Crippen LogP contribution < -0.4 is 15.4 Å². The molecule has 0 bridgehead atoms. The molecule has 2 aliphatic heterocycles. The van der Waals surface area contributed by atoms with Crippen LogP contribution in [0.5, 0.6) is 17.2 Å². The molecule has 1 saturated heterocycles. The summed E-state index contributed by atoms with van der Waals surface area (Å²) in [5.74, 6) is -7.44. The van der Waals surface area contributed by atoms with E-state index in [1.807, 2.05) is 30.3 Å². The van der Waals surface area contributed by atoms with E-state index in [4.69, 9.17) is 15.2 Å². The molecule has 0 spiro atoms. The Labute approximate surface area is 344 Å². The molecule has 0 radical (unpaired) electrons. The van der Waals surface area contributed by atoms with E-state index in [0.717, 1.165) is 34.3 Å². The summed E-state index contributed by atoms with van der Waals surface area (Å²) in [6.07, 6.45) is -0.100. The summed E-state index contributed by atoms with van der Waals surface area (Å²) in [4.78, 5) is 36.3. The monoisotopic (exact) mass is 830 g/mol. The lowest BCUT2D eigenvalue weighted by Crippen LogP contribution is -2.67.